The highest BCUT2D eigenvalue weighted by molar-refractivity contribution is 5.97. The molecule has 8 atom stereocenters. The quantitative estimate of drug-likeness (QED) is 0.524. The number of carbonyl (C=O) groups is 1. The van der Waals surface area contributed by atoms with Gasteiger partial charge in [-0.3, -0.25) is 4.79 Å². The number of benzene rings is 1. The smallest absolute Gasteiger partial charge is 0.252 e. The maximum absolute atomic E-state index is 12.8. The monoisotopic (exact) mass is 519 g/mol. The summed E-state index contributed by atoms with van der Waals surface area (Å²) in [6.07, 6.45) is 11.8. The van der Waals surface area contributed by atoms with Gasteiger partial charge in [-0.2, -0.15) is 0 Å². The third kappa shape index (κ3) is 2.09. The Morgan fingerprint density at radius 3 is 2.50 bits per heavy atom. The zero-order valence-corrected chi connectivity index (χ0v) is 24.1. The van der Waals surface area contributed by atoms with E-state index in [0.29, 0.717) is 11.0 Å². The molecule has 9 rings (SSSR count). The van der Waals surface area contributed by atoms with E-state index in [1.807, 2.05) is 13.2 Å². The van der Waals surface area contributed by atoms with Crippen LogP contribution < -0.4 is 10.5 Å². The maximum Gasteiger partial charge on any atom is 0.252 e. The van der Waals surface area contributed by atoms with E-state index < -0.39 is 22.7 Å². The summed E-state index contributed by atoms with van der Waals surface area (Å²) < 4.78 is 14.0. The summed E-state index contributed by atoms with van der Waals surface area (Å²) in [5.41, 5.74) is 6.96. The fraction of sp³-hybridized carbons (Fsp3) is 0.788. The molecular formula is C33H45NO4. The van der Waals surface area contributed by atoms with Crippen molar-refractivity contribution in [2.45, 2.75) is 121 Å². The Balaban J connectivity index is 1.45. The maximum atomic E-state index is 12.8. The number of hydrogen-bond donors (Lipinski definition) is 2. The molecule has 1 amide bonds. The predicted molar refractivity (Wildman–Crippen MR) is 145 cm³/mol. The molecule has 8 aliphatic rings. The lowest BCUT2D eigenvalue weighted by Gasteiger charge is -2.78. The summed E-state index contributed by atoms with van der Waals surface area (Å²) in [6, 6.07) is 4.13. The van der Waals surface area contributed by atoms with E-state index in [-0.39, 0.29) is 27.6 Å². The van der Waals surface area contributed by atoms with Gasteiger partial charge in [0.05, 0.1) is 11.2 Å². The lowest BCUT2D eigenvalue weighted by atomic mass is 9.27. The van der Waals surface area contributed by atoms with Gasteiger partial charge in [-0.05, 0) is 104 Å². The van der Waals surface area contributed by atoms with E-state index in [1.54, 1.807) is 0 Å². The Kier molecular flexibility index (Phi) is 4.03. The largest absolute Gasteiger partial charge is 0.482 e. The van der Waals surface area contributed by atoms with E-state index in [2.05, 4.69) is 40.7 Å². The predicted octanol–water partition coefficient (Wildman–Crippen LogP) is 5.68. The van der Waals surface area contributed by atoms with Crippen LogP contribution in [0.1, 0.15) is 114 Å². The first-order valence-electron chi connectivity index (χ1n) is 15.1. The summed E-state index contributed by atoms with van der Waals surface area (Å²) >= 11 is 0. The number of fused-ring (bicyclic) bond motifs is 2. The van der Waals surface area contributed by atoms with Gasteiger partial charge in [0.15, 0.2) is 0 Å². The van der Waals surface area contributed by atoms with Crippen LogP contribution in [0.15, 0.2) is 12.1 Å². The highest BCUT2D eigenvalue weighted by atomic mass is 16.6. The molecule has 206 valence electrons. The molecule has 1 aliphatic heterocycles. The summed E-state index contributed by atoms with van der Waals surface area (Å²) in [7, 11) is 1.84. The molecule has 3 N–H and O–H groups in total. The highest BCUT2D eigenvalue weighted by Crippen LogP contribution is 2.94. The van der Waals surface area contributed by atoms with Crippen LogP contribution in [-0.2, 0) is 16.6 Å². The van der Waals surface area contributed by atoms with Crippen LogP contribution in [0.25, 0.3) is 0 Å². The van der Waals surface area contributed by atoms with Crippen LogP contribution in [0.2, 0.25) is 0 Å². The molecule has 38 heavy (non-hydrogen) atoms. The van der Waals surface area contributed by atoms with Crippen molar-refractivity contribution in [1.29, 1.82) is 0 Å². The van der Waals surface area contributed by atoms with Crippen LogP contribution in [0, 0.1) is 33.5 Å². The Morgan fingerprint density at radius 1 is 1.13 bits per heavy atom. The average Bonchev–Trinajstić information content (AvgIpc) is 3.74. The first kappa shape index (κ1) is 24.2. The number of aliphatic hydroxyl groups is 1. The second-order valence-electron chi connectivity index (χ2n) is 16.1. The molecule has 5 heteroatoms. The fourth-order valence-electron chi connectivity index (χ4n) is 12.4. The van der Waals surface area contributed by atoms with Gasteiger partial charge in [-0.15, -0.1) is 0 Å². The van der Waals surface area contributed by atoms with Crippen molar-refractivity contribution in [2.24, 2.45) is 39.2 Å². The number of rotatable bonds is 5. The van der Waals surface area contributed by atoms with Gasteiger partial charge in [0.25, 0.3) is 5.91 Å². The molecule has 6 saturated carbocycles. The molecule has 3 spiro atoms. The molecule has 6 fully saturated rings. The van der Waals surface area contributed by atoms with E-state index >= 15 is 0 Å². The van der Waals surface area contributed by atoms with E-state index in [0.717, 1.165) is 43.8 Å². The SMILES string of the molecule is COC12CC[C@@]3(CC1[C@](C)(O)C(C)(C)C)C14Cc5ccc(C(N)=O)c6c5[C@@]3(CCC1(CC1CC1)C4)[C@]2(C)O6. The van der Waals surface area contributed by atoms with Gasteiger partial charge >= 0.3 is 0 Å². The van der Waals surface area contributed by atoms with E-state index in [4.69, 9.17) is 15.2 Å². The van der Waals surface area contributed by atoms with Crippen molar-refractivity contribution >= 4 is 5.91 Å². The van der Waals surface area contributed by atoms with Crippen molar-refractivity contribution in [3.63, 3.8) is 0 Å². The van der Waals surface area contributed by atoms with Crippen molar-refractivity contribution in [1.82, 2.24) is 0 Å². The molecule has 0 saturated heterocycles. The molecule has 1 aromatic rings. The van der Waals surface area contributed by atoms with Crippen LogP contribution in [0.3, 0.4) is 0 Å². The normalized spacial score (nSPS) is 48.6. The number of amides is 1. The Bertz CT molecular complexity index is 1310. The number of primary amides is 1. The van der Waals surface area contributed by atoms with Crippen molar-refractivity contribution in [2.75, 3.05) is 7.11 Å². The summed E-state index contributed by atoms with van der Waals surface area (Å²) in [5.74, 6) is 1.14. The second-order valence-corrected chi connectivity index (χ2v) is 16.1. The lowest BCUT2D eigenvalue weighted by Crippen LogP contribution is -2.85. The third-order valence-corrected chi connectivity index (χ3v) is 14.6. The number of hydrogen-bond acceptors (Lipinski definition) is 4. The van der Waals surface area contributed by atoms with Crippen LogP contribution in [0.4, 0.5) is 0 Å². The minimum atomic E-state index is -0.953. The summed E-state index contributed by atoms with van der Waals surface area (Å²) in [4.78, 5) is 12.8. The van der Waals surface area contributed by atoms with E-state index in [1.165, 1.54) is 43.2 Å². The first-order valence-corrected chi connectivity index (χ1v) is 15.1. The third-order valence-electron chi connectivity index (χ3n) is 14.6. The minimum absolute atomic E-state index is 0.0244. The molecule has 4 unspecified atom stereocenters. The van der Waals surface area contributed by atoms with Crippen LogP contribution >= 0.6 is 0 Å². The Hall–Kier alpha value is -1.59. The summed E-state index contributed by atoms with van der Waals surface area (Å²) in [5, 5.41) is 12.5. The van der Waals surface area contributed by atoms with Crippen LogP contribution in [-0.4, -0.2) is 34.9 Å². The molecule has 0 aromatic heterocycles. The molecule has 1 heterocycles. The first-order chi connectivity index (χ1) is 17.7. The summed E-state index contributed by atoms with van der Waals surface area (Å²) in [6.45, 7) is 10.8. The Labute approximate surface area is 227 Å². The van der Waals surface area contributed by atoms with Gasteiger partial charge in [-0.25, -0.2) is 0 Å². The molecule has 5 nitrogen and oxygen atoms in total. The topological polar surface area (TPSA) is 81.8 Å². The van der Waals surface area contributed by atoms with Gasteiger partial charge in [0.2, 0.25) is 0 Å². The zero-order chi connectivity index (χ0) is 26.9. The molecule has 1 aromatic carbocycles. The van der Waals surface area contributed by atoms with Crippen molar-refractivity contribution in [3.05, 3.63) is 28.8 Å². The van der Waals surface area contributed by atoms with Gasteiger partial charge in [0.1, 0.15) is 17.0 Å². The van der Waals surface area contributed by atoms with Crippen LogP contribution in [0.5, 0.6) is 5.75 Å². The number of methoxy groups -OCH3 is 1. The highest BCUT2D eigenvalue weighted by Gasteiger charge is 2.94. The number of carbonyl (C=O) groups excluding carboxylic acids is 1. The average molecular weight is 520 g/mol. The number of nitrogens with two attached hydrogens (primary N) is 1. The number of ether oxygens (including phenoxy) is 2. The zero-order valence-electron chi connectivity index (χ0n) is 24.1. The van der Waals surface area contributed by atoms with Crippen molar-refractivity contribution < 1.29 is 19.4 Å². The van der Waals surface area contributed by atoms with Crippen molar-refractivity contribution in [3.8, 4) is 5.75 Å². The molecule has 0 radical (unpaired) electrons. The minimum Gasteiger partial charge on any atom is -0.482 e. The van der Waals surface area contributed by atoms with Gasteiger partial charge in [0, 0.05) is 24.0 Å². The molecule has 7 aliphatic carbocycles. The Morgan fingerprint density at radius 2 is 1.87 bits per heavy atom. The second kappa shape index (κ2) is 6.33. The van der Waals surface area contributed by atoms with E-state index in [9.17, 15) is 9.90 Å². The fourth-order valence-corrected chi connectivity index (χ4v) is 12.4. The molecular weight excluding hydrogens is 474 g/mol. The lowest BCUT2D eigenvalue weighted by molar-refractivity contribution is -0.349. The van der Waals surface area contributed by atoms with Gasteiger partial charge in [-0.1, -0.05) is 39.7 Å². The molecule has 4 bridgehead atoms. The standard InChI is InChI=1S/C33H45NO4/c1-26(2,3)27(4,36)22-17-30-12-14-33(22,37-6)28(5)32(30)13-11-29(15-19-7-8-19)18-31(29,30)16-20-9-10-21(25(34)35)24(38-28)23(20)32/h9-10,19,22,36H,7-8,11-18H2,1-6H3,(H2,34,35)/t22?,27-,28-,29?,30+,31?,32-,33?/m0/s1. The van der Waals surface area contributed by atoms with Gasteiger partial charge < -0.3 is 20.3 Å².